The highest BCUT2D eigenvalue weighted by atomic mass is 32.2. The van der Waals surface area contributed by atoms with Crippen molar-refractivity contribution < 1.29 is 4.79 Å². The number of thiocyanates is 1. The van der Waals surface area contributed by atoms with Gasteiger partial charge in [0.15, 0.2) is 0 Å². The number of rotatable bonds is 6. The molecular weight excluding hydrogens is 344 g/mol. The third-order valence-corrected chi connectivity index (χ3v) is 4.20. The van der Waals surface area contributed by atoms with Gasteiger partial charge in [0.25, 0.3) is 5.91 Å². The van der Waals surface area contributed by atoms with Gasteiger partial charge in [0.05, 0.1) is 0 Å². The van der Waals surface area contributed by atoms with E-state index in [1.807, 2.05) is 35.7 Å². The summed E-state index contributed by atoms with van der Waals surface area (Å²) < 4.78 is 0. The number of nitrogens with one attached hydrogen (secondary N) is 2. The summed E-state index contributed by atoms with van der Waals surface area (Å²) in [4.78, 5) is 13.1. The van der Waals surface area contributed by atoms with Crippen LogP contribution in [0.1, 0.15) is 25.3 Å². The van der Waals surface area contributed by atoms with Crippen LogP contribution in [-0.4, -0.2) is 5.91 Å². The Balaban J connectivity index is 2.02. The van der Waals surface area contributed by atoms with E-state index < -0.39 is 5.91 Å². The van der Waals surface area contributed by atoms with E-state index in [1.54, 1.807) is 24.3 Å². The van der Waals surface area contributed by atoms with E-state index in [1.165, 1.54) is 11.8 Å². The largest absolute Gasteiger partial charge is 0.360 e. The van der Waals surface area contributed by atoms with Crippen LogP contribution in [0.3, 0.4) is 0 Å². The molecule has 0 aliphatic rings. The molecule has 0 saturated carbocycles. The lowest BCUT2D eigenvalue weighted by Gasteiger charge is -2.08. The number of nitrogens with zero attached hydrogens (tertiary/aromatic N) is 2. The van der Waals surface area contributed by atoms with E-state index in [-0.39, 0.29) is 5.57 Å². The highest BCUT2D eigenvalue weighted by Gasteiger charge is 2.09. The Hall–Kier alpha value is -3.22. The molecule has 0 heterocycles. The number of amides is 1. The van der Waals surface area contributed by atoms with Crippen LogP contribution in [0.4, 0.5) is 11.4 Å². The second kappa shape index (κ2) is 9.31. The molecule has 0 saturated heterocycles. The molecule has 2 N–H and O–H groups in total. The Morgan fingerprint density at radius 1 is 1.04 bits per heavy atom. The Labute approximate surface area is 157 Å². The van der Waals surface area contributed by atoms with Crippen LogP contribution in [0.25, 0.3) is 0 Å². The van der Waals surface area contributed by atoms with E-state index >= 15 is 0 Å². The van der Waals surface area contributed by atoms with E-state index in [9.17, 15) is 10.1 Å². The average Bonchev–Trinajstić information content (AvgIpc) is 2.64. The van der Waals surface area contributed by atoms with E-state index in [0.717, 1.165) is 16.7 Å². The van der Waals surface area contributed by atoms with Crippen LogP contribution in [0.5, 0.6) is 0 Å². The van der Waals surface area contributed by atoms with Crippen LogP contribution in [-0.2, 0) is 4.79 Å². The van der Waals surface area contributed by atoms with Crippen molar-refractivity contribution in [3.05, 3.63) is 65.9 Å². The minimum Gasteiger partial charge on any atom is -0.360 e. The first-order chi connectivity index (χ1) is 12.5. The zero-order valence-corrected chi connectivity index (χ0v) is 15.3. The quantitative estimate of drug-likeness (QED) is 0.332. The Kier molecular flexibility index (Phi) is 6.84. The number of hydrogen-bond acceptors (Lipinski definition) is 5. The van der Waals surface area contributed by atoms with Gasteiger partial charge in [-0.3, -0.25) is 4.79 Å². The fraction of sp³-hybridized carbons (Fsp3) is 0.150. The van der Waals surface area contributed by atoms with Gasteiger partial charge in [0.2, 0.25) is 0 Å². The summed E-state index contributed by atoms with van der Waals surface area (Å²) in [6, 6.07) is 16.6. The smallest absolute Gasteiger partial charge is 0.267 e. The number of carbonyl (C=O) groups excluding carboxylic acids is 1. The van der Waals surface area contributed by atoms with Crippen LogP contribution >= 0.6 is 11.8 Å². The number of benzene rings is 2. The standard InChI is InChI=1S/C20H18N4OS/c1-14(2)15-3-5-18(6-4-15)24-20(25)16(11-21)12-23-17-7-9-19(10-8-17)26-13-22/h3-10,12,14,23H,1-2H3,(H,24,25)/b16-12-. The van der Waals surface area contributed by atoms with Crippen molar-refractivity contribution in [2.75, 3.05) is 10.6 Å². The van der Waals surface area contributed by atoms with E-state index in [4.69, 9.17) is 5.26 Å². The highest BCUT2D eigenvalue weighted by molar-refractivity contribution is 8.03. The third kappa shape index (κ3) is 5.41. The van der Waals surface area contributed by atoms with Gasteiger partial charge in [-0.05, 0) is 59.6 Å². The number of thioether (sulfide) groups is 1. The van der Waals surface area contributed by atoms with Crippen molar-refractivity contribution in [3.63, 3.8) is 0 Å². The molecule has 2 rings (SSSR count). The minimum atomic E-state index is -0.478. The van der Waals surface area contributed by atoms with Gasteiger partial charge >= 0.3 is 0 Å². The van der Waals surface area contributed by atoms with Gasteiger partial charge in [0, 0.05) is 22.5 Å². The predicted octanol–water partition coefficient (Wildman–Crippen LogP) is 4.84. The second-order valence-electron chi connectivity index (χ2n) is 5.76. The Morgan fingerprint density at radius 2 is 1.65 bits per heavy atom. The number of nitriles is 2. The minimum absolute atomic E-state index is 0.0339. The zero-order chi connectivity index (χ0) is 18.9. The monoisotopic (exact) mass is 362 g/mol. The Bertz CT molecular complexity index is 872. The molecule has 26 heavy (non-hydrogen) atoms. The first-order valence-electron chi connectivity index (χ1n) is 7.97. The van der Waals surface area contributed by atoms with Crippen LogP contribution < -0.4 is 10.6 Å². The van der Waals surface area contributed by atoms with Gasteiger partial charge in [-0.2, -0.15) is 10.5 Å². The first-order valence-corrected chi connectivity index (χ1v) is 8.79. The molecule has 0 unspecified atom stereocenters. The van der Waals surface area contributed by atoms with Gasteiger partial charge in [-0.1, -0.05) is 26.0 Å². The molecule has 0 spiro atoms. The summed E-state index contributed by atoms with van der Waals surface area (Å²) >= 11 is 1.07. The molecule has 2 aromatic carbocycles. The van der Waals surface area contributed by atoms with Crippen molar-refractivity contribution >= 4 is 29.0 Å². The average molecular weight is 362 g/mol. The van der Waals surface area contributed by atoms with Crippen molar-refractivity contribution in [3.8, 4) is 11.5 Å². The van der Waals surface area contributed by atoms with E-state index in [2.05, 4.69) is 24.5 Å². The van der Waals surface area contributed by atoms with Crippen LogP contribution in [0.2, 0.25) is 0 Å². The summed E-state index contributed by atoms with van der Waals surface area (Å²) in [5.74, 6) is -0.0644. The fourth-order valence-electron chi connectivity index (χ4n) is 2.13. The first kappa shape index (κ1) is 19.1. The van der Waals surface area contributed by atoms with Crippen molar-refractivity contribution in [2.45, 2.75) is 24.7 Å². The predicted molar refractivity (Wildman–Crippen MR) is 104 cm³/mol. The second-order valence-corrected chi connectivity index (χ2v) is 6.62. The normalized spacial score (nSPS) is 10.7. The summed E-state index contributed by atoms with van der Waals surface area (Å²) in [6.45, 7) is 4.20. The summed E-state index contributed by atoms with van der Waals surface area (Å²) in [5.41, 5.74) is 2.50. The molecular formula is C20H18N4OS. The maximum Gasteiger partial charge on any atom is 0.267 e. The topological polar surface area (TPSA) is 88.7 Å². The molecule has 5 nitrogen and oxygen atoms in total. The van der Waals surface area contributed by atoms with Crippen LogP contribution in [0.15, 0.2) is 65.2 Å². The number of carbonyl (C=O) groups is 1. The molecule has 0 bridgehead atoms. The number of hydrogen-bond donors (Lipinski definition) is 2. The molecule has 0 aliphatic carbocycles. The van der Waals surface area contributed by atoms with Crippen LogP contribution in [0, 0.1) is 22.0 Å². The zero-order valence-electron chi connectivity index (χ0n) is 14.5. The van der Waals surface area contributed by atoms with Gasteiger partial charge in [-0.15, -0.1) is 0 Å². The molecule has 6 heteroatoms. The fourth-order valence-corrected chi connectivity index (χ4v) is 2.50. The molecule has 0 aromatic heterocycles. The molecule has 0 fully saturated rings. The van der Waals surface area contributed by atoms with Gasteiger partial charge in [-0.25, -0.2) is 0 Å². The van der Waals surface area contributed by atoms with Crippen molar-refractivity contribution in [2.24, 2.45) is 0 Å². The van der Waals surface area contributed by atoms with Crippen molar-refractivity contribution in [1.29, 1.82) is 10.5 Å². The van der Waals surface area contributed by atoms with Gasteiger partial charge in [0.1, 0.15) is 17.0 Å². The molecule has 0 radical (unpaired) electrons. The Morgan fingerprint density at radius 3 is 2.19 bits per heavy atom. The lowest BCUT2D eigenvalue weighted by Crippen LogP contribution is -2.14. The molecule has 130 valence electrons. The number of anilines is 2. The summed E-state index contributed by atoms with van der Waals surface area (Å²) in [7, 11) is 0. The molecule has 2 aromatic rings. The SMILES string of the molecule is CC(C)c1ccc(NC(=O)/C(C#N)=C\Nc2ccc(SC#N)cc2)cc1. The lowest BCUT2D eigenvalue weighted by atomic mass is 10.0. The maximum atomic E-state index is 12.2. The molecule has 0 atom stereocenters. The van der Waals surface area contributed by atoms with Gasteiger partial charge < -0.3 is 10.6 Å². The van der Waals surface area contributed by atoms with E-state index in [0.29, 0.717) is 17.3 Å². The third-order valence-electron chi connectivity index (χ3n) is 3.60. The summed E-state index contributed by atoms with van der Waals surface area (Å²) in [6.07, 6.45) is 1.37. The summed E-state index contributed by atoms with van der Waals surface area (Å²) in [5, 5.41) is 25.5. The highest BCUT2D eigenvalue weighted by Crippen LogP contribution is 2.20. The van der Waals surface area contributed by atoms with Crippen molar-refractivity contribution in [1.82, 2.24) is 0 Å². The lowest BCUT2D eigenvalue weighted by molar-refractivity contribution is -0.112. The molecule has 1 amide bonds. The molecule has 0 aliphatic heterocycles. The maximum absolute atomic E-state index is 12.2.